The number of aryl methyl sites for hydroxylation is 4. The van der Waals surface area contributed by atoms with E-state index < -0.39 is 0 Å². The number of anilines is 1. The van der Waals surface area contributed by atoms with E-state index in [0.29, 0.717) is 29.2 Å². The highest BCUT2D eigenvalue weighted by atomic mass is 16.5. The Balaban J connectivity index is 1.58. The number of para-hydroxylation sites is 1. The molecule has 0 atom stereocenters. The van der Waals surface area contributed by atoms with Crippen molar-refractivity contribution >= 4 is 33.5 Å². The van der Waals surface area contributed by atoms with E-state index in [-0.39, 0.29) is 24.6 Å². The predicted molar refractivity (Wildman–Crippen MR) is 138 cm³/mol. The number of hydrogen-bond donors (Lipinski definition) is 1. The van der Waals surface area contributed by atoms with Gasteiger partial charge in [-0.2, -0.15) is 4.98 Å². The smallest absolute Gasteiger partial charge is 0.278 e. The van der Waals surface area contributed by atoms with Crippen LogP contribution < -0.4 is 10.9 Å². The van der Waals surface area contributed by atoms with Crippen molar-refractivity contribution in [3.8, 4) is 0 Å². The molecule has 3 aromatic heterocycles. The summed E-state index contributed by atoms with van der Waals surface area (Å²) in [5.74, 6) is 0.734. The van der Waals surface area contributed by atoms with Crippen LogP contribution in [0.3, 0.4) is 0 Å². The van der Waals surface area contributed by atoms with Gasteiger partial charge < -0.3 is 14.4 Å². The molecule has 0 unspecified atom stereocenters. The van der Waals surface area contributed by atoms with Crippen LogP contribution in [0, 0.1) is 20.8 Å². The second-order valence-electron chi connectivity index (χ2n) is 9.15. The van der Waals surface area contributed by atoms with Gasteiger partial charge in [0.25, 0.3) is 5.56 Å². The first kappa shape index (κ1) is 23.5. The first-order valence-electron chi connectivity index (χ1n) is 12.0. The van der Waals surface area contributed by atoms with Gasteiger partial charge in [0.05, 0.1) is 11.8 Å². The largest absolute Gasteiger partial charge is 0.337 e. The van der Waals surface area contributed by atoms with Gasteiger partial charge in [0, 0.05) is 17.5 Å². The Morgan fingerprint density at radius 1 is 1.11 bits per heavy atom. The number of aromatic nitrogens is 5. The molecule has 0 aliphatic carbocycles. The lowest BCUT2D eigenvalue weighted by molar-refractivity contribution is -0.116. The molecule has 0 aliphatic rings. The van der Waals surface area contributed by atoms with Gasteiger partial charge in [0.2, 0.25) is 11.8 Å². The topological polar surface area (TPSA) is 108 Å². The second kappa shape index (κ2) is 9.41. The maximum absolute atomic E-state index is 13.7. The average Bonchev–Trinajstić information content (AvgIpc) is 3.41. The molecule has 0 fully saturated rings. The Bertz CT molecular complexity index is 1640. The van der Waals surface area contributed by atoms with Gasteiger partial charge in [-0.15, -0.1) is 0 Å². The molecule has 0 aliphatic heterocycles. The van der Waals surface area contributed by atoms with Crippen LogP contribution in [0.25, 0.3) is 21.9 Å². The highest BCUT2D eigenvalue weighted by molar-refractivity contribution is 6.07. The van der Waals surface area contributed by atoms with E-state index >= 15 is 0 Å². The molecule has 9 nitrogen and oxygen atoms in total. The number of carbonyl (C=O) groups is 1. The van der Waals surface area contributed by atoms with Gasteiger partial charge in [0.1, 0.15) is 24.1 Å². The summed E-state index contributed by atoms with van der Waals surface area (Å²) in [6.07, 6.45) is 3.10. The highest BCUT2D eigenvalue weighted by Crippen LogP contribution is 2.27. The Kier molecular flexibility index (Phi) is 6.13. The van der Waals surface area contributed by atoms with E-state index in [1.807, 2.05) is 64.1 Å². The molecule has 36 heavy (non-hydrogen) atoms. The molecule has 9 heteroatoms. The number of benzene rings is 2. The van der Waals surface area contributed by atoms with E-state index in [4.69, 9.17) is 4.52 Å². The van der Waals surface area contributed by atoms with Gasteiger partial charge in [-0.3, -0.25) is 14.2 Å². The van der Waals surface area contributed by atoms with E-state index in [2.05, 4.69) is 20.4 Å². The number of nitrogens with one attached hydrogen (secondary N) is 1. The van der Waals surface area contributed by atoms with Crippen molar-refractivity contribution < 1.29 is 9.32 Å². The summed E-state index contributed by atoms with van der Waals surface area (Å²) in [4.78, 5) is 35.8. The molecule has 0 saturated heterocycles. The Morgan fingerprint density at radius 3 is 2.64 bits per heavy atom. The first-order chi connectivity index (χ1) is 17.4. The summed E-state index contributed by atoms with van der Waals surface area (Å²) in [6, 6.07) is 11.8. The Morgan fingerprint density at radius 2 is 1.89 bits per heavy atom. The summed E-state index contributed by atoms with van der Waals surface area (Å²) in [5, 5.41) is 7.82. The minimum Gasteiger partial charge on any atom is -0.337 e. The molecule has 3 heterocycles. The van der Waals surface area contributed by atoms with Crippen molar-refractivity contribution in [3.05, 3.63) is 81.5 Å². The third kappa shape index (κ3) is 4.28. The molecular weight excluding hydrogens is 456 g/mol. The number of carbonyl (C=O) groups excluding carboxylic acids is 1. The lowest BCUT2D eigenvalue weighted by Crippen LogP contribution is -2.26. The second-order valence-corrected chi connectivity index (χ2v) is 9.15. The molecule has 0 spiro atoms. The van der Waals surface area contributed by atoms with Crippen LogP contribution in [-0.4, -0.2) is 30.2 Å². The number of fused-ring (bicyclic) bond motifs is 3. The number of amides is 1. The first-order valence-corrected chi connectivity index (χ1v) is 12.0. The van der Waals surface area contributed by atoms with Crippen LogP contribution in [0.2, 0.25) is 0 Å². The SMILES string of the molecule is CCCc1noc(Cn2cnc3c4cc(C)ccc4n(CC(=O)Nc4c(C)cccc4C)c3c2=O)n1. The van der Waals surface area contributed by atoms with Crippen molar-refractivity contribution in [2.24, 2.45) is 0 Å². The quantitative estimate of drug-likeness (QED) is 0.369. The standard InChI is InChI=1S/C27H28N6O3/c1-5-7-21-29-23(36-31-21)14-32-15-28-25-19-12-16(2)10-11-20(19)33(26(25)27(32)35)13-22(34)30-24-17(3)8-6-9-18(24)4/h6,8-12,15H,5,7,13-14H2,1-4H3,(H,30,34). The Labute approximate surface area is 207 Å². The molecule has 0 radical (unpaired) electrons. The van der Waals surface area contributed by atoms with Gasteiger partial charge in [-0.25, -0.2) is 4.98 Å². The van der Waals surface area contributed by atoms with Crippen molar-refractivity contribution in [2.75, 3.05) is 5.32 Å². The minimum absolute atomic E-state index is 0.0288. The Hall–Kier alpha value is -4.27. The third-order valence-corrected chi connectivity index (χ3v) is 6.32. The van der Waals surface area contributed by atoms with Crippen LogP contribution in [0.1, 0.15) is 41.8 Å². The predicted octanol–water partition coefficient (Wildman–Crippen LogP) is 4.30. The van der Waals surface area contributed by atoms with E-state index in [9.17, 15) is 9.59 Å². The summed E-state index contributed by atoms with van der Waals surface area (Å²) in [6.45, 7) is 8.01. The highest BCUT2D eigenvalue weighted by Gasteiger charge is 2.20. The number of nitrogens with zero attached hydrogens (tertiary/aromatic N) is 5. The normalized spacial score (nSPS) is 11.4. The van der Waals surface area contributed by atoms with Crippen LogP contribution >= 0.6 is 0 Å². The molecule has 0 saturated carbocycles. The fourth-order valence-electron chi connectivity index (χ4n) is 4.55. The summed E-state index contributed by atoms with van der Waals surface area (Å²) < 4.78 is 8.51. The number of rotatable bonds is 7. The van der Waals surface area contributed by atoms with Crippen molar-refractivity contribution in [2.45, 2.75) is 53.6 Å². The van der Waals surface area contributed by atoms with E-state index in [0.717, 1.165) is 39.7 Å². The zero-order valence-corrected chi connectivity index (χ0v) is 20.8. The minimum atomic E-state index is -0.274. The van der Waals surface area contributed by atoms with Crippen LogP contribution in [0.15, 0.2) is 52.0 Å². The van der Waals surface area contributed by atoms with Gasteiger partial charge in [-0.1, -0.05) is 41.9 Å². The zero-order chi connectivity index (χ0) is 25.4. The summed E-state index contributed by atoms with van der Waals surface area (Å²) in [7, 11) is 0. The summed E-state index contributed by atoms with van der Waals surface area (Å²) >= 11 is 0. The molecule has 1 amide bonds. The maximum Gasteiger partial charge on any atom is 0.278 e. The lowest BCUT2D eigenvalue weighted by atomic mass is 10.1. The summed E-state index contributed by atoms with van der Waals surface area (Å²) in [5.41, 5.74) is 5.21. The van der Waals surface area contributed by atoms with Crippen LogP contribution in [0.4, 0.5) is 5.69 Å². The molecule has 1 N–H and O–H groups in total. The lowest BCUT2D eigenvalue weighted by Gasteiger charge is -2.13. The molecule has 184 valence electrons. The molecule has 2 aromatic carbocycles. The fraction of sp³-hybridized carbons (Fsp3) is 0.296. The fourth-order valence-corrected chi connectivity index (χ4v) is 4.55. The van der Waals surface area contributed by atoms with Crippen molar-refractivity contribution in [3.63, 3.8) is 0 Å². The molecule has 0 bridgehead atoms. The van der Waals surface area contributed by atoms with Gasteiger partial charge in [0.15, 0.2) is 5.82 Å². The van der Waals surface area contributed by atoms with Gasteiger partial charge in [-0.05, 0) is 50.5 Å². The maximum atomic E-state index is 13.7. The molecular formula is C27H28N6O3. The van der Waals surface area contributed by atoms with Crippen molar-refractivity contribution in [1.29, 1.82) is 0 Å². The van der Waals surface area contributed by atoms with Crippen molar-refractivity contribution in [1.82, 2.24) is 24.3 Å². The average molecular weight is 485 g/mol. The monoisotopic (exact) mass is 484 g/mol. The van der Waals surface area contributed by atoms with E-state index in [1.165, 1.54) is 10.9 Å². The van der Waals surface area contributed by atoms with Gasteiger partial charge >= 0.3 is 0 Å². The van der Waals surface area contributed by atoms with E-state index in [1.54, 1.807) is 4.57 Å². The number of hydrogen-bond acceptors (Lipinski definition) is 6. The third-order valence-electron chi connectivity index (χ3n) is 6.32. The van der Waals surface area contributed by atoms with Crippen LogP contribution in [0.5, 0.6) is 0 Å². The van der Waals surface area contributed by atoms with Crippen LogP contribution in [-0.2, 0) is 24.3 Å². The zero-order valence-electron chi connectivity index (χ0n) is 20.8. The molecule has 5 rings (SSSR count). The molecule has 5 aromatic rings.